The van der Waals surface area contributed by atoms with Gasteiger partial charge in [-0.2, -0.15) is 0 Å². The first-order valence-corrected chi connectivity index (χ1v) is 5.55. The molecule has 0 bridgehead atoms. The van der Waals surface area contributed by atoms with E-state index in [2.05, 4.69) is 0 Å². The summed E-state index contributed by atoms with van der Waals surface area (Å²) in [5.41, 5.74) is 0.608. The first kappa shape index (κ1) is 18.9. The minimum atomic E-state index is -1.29. The van der Waals surface area contributed by atoms with E-state index >= 15 is 0 Å². The van der Waals surface area contributed by atoms with Crippen LogP contribution < -0.4 is 44.1 Å². The van der Waals surface area contributed by atoms with Gasteiger partial charge in [0.25, 0.3) is 0 Å². The number of aliphatic hydroxyl groups excluding tert-OH is 2. The fraction of sp³-hybridized carbons (Fsp3) is 0.308. The Balaban J connectivity index is 0.00000361. The molecule has 0 aliphatic rings. The summed E-state index contributed by atoms with van der Waals surface area (Å²) in [6.45, 7) is -0.462. The molecule has 6 nitrogen and oxygen atoms in total. The van der Waals surface area contributed by atoms with Crippen molar-refractivity contribution in [1.29, 1.82) is 0 Å². The second-order valence-corrected chi connectivity index (χ2v) is 3.71. The van der Waals surface area contributed by atoms with E-state index in [1.807, 2.05) is 0 Å². The van der Waals surface area contributed by atoms with Crippen LogP contribution in [0.5, 0.6) is 11.5 Å². The van der Waals surface area contributed by atoms with E-state index in [-0.39, 0.29) is 36.2 Å². The fourth-order valence-corrected chi connectivity index (χ4v) is 1.31. The smallest absolute Gasteiger partial charge is 0.545 e. The van der Waals surface area contributed by atoms with Crippen molar-refractivity contribution in [2.75, 3.05) is 20.3 Å². The van der Waals surface area contributed by atoms with Crippen LogP contribution in [0.1, 0.15) is 5.56 Å². The molecule has 2 N–H and O–H groups in total. The zero-order chi connectivity index (χ0) is 14.3. The molecule has 1 aromatic carbocycles. The molecule has 7 heteroatoms. The molecule has 1 aromatic rings. The maximum absolute atomic E-state index is 10.3. The van der Waals surface area contributed by atoms with Crippen molar-refractivity contribution < 1.29 is 59.1 Å². The molecular formula is C13H15NaO6. The van der Waals surface area contributed by atoms with Crippen molar-refractivity contribution in [3.8, 4) is 11.5 Å². The minimum absolute atomic E-state index is 0. The number of aliphatic carboxylic acids is 1. The first-order chi connectivity index (χ1) is 9.06. The monoisotopic (exact) mass is 290 g/mol. The number of ether oxygens (including phenoxy) is 2. The number of methoxy groups -OCH3 is 1. The molecular weight excluding hydrogens is 275 g/mol. The molecule has 0 aliphatic carbocycles. The van der Waals surface area contributed by atoms with E-state index in [9.17, 15) is 15.0 Å². The van der Waals surface area contributed by atoms with Gasteiger partial charge in [0.2, 0.25) is 0 Å². The number of rotatable bonds is 7. The van der Waals surface area contributed by atoms with Crippen molar-refractivity contribution in [2.45, 2.75) is 6.10 Å². The van der Waals surface area contributed by atoms with E-state index < -0.39 is 18.7 Å². The van der Waals surface area contributed by atoms with Crippen molar-refractivity contribution in [3.05, 3.63) is 29.8 Å². The predicted molar refractivity (Wildman–Crippen MR) is 65.6 cm³/mol. The predicted octanol–water partition coefficient (Wildman–Crippen LogP) is -3.81. The summed E-state index contributed by atoms with van der Waals surface area (Å²) in [5, 5.41) is 28.2. The molecule has 0 saturated heterocycles. The summed E-state index contributed by atoms with van der Waals surface area (Å²) in [4.78, 5) is 10.3. The van der Waals surface area contributed by atoms with Gasteiger partial charge >= 0.3 is 29.6 Å². The van der Waals surface area contributed by atoms with Crippen molar-refractivity contribution >= 4 is 12.0 Å². The third kappa shape index (κ3) is 6.40. The Hall–Kier alpha value is -1.05. The van der Waals surface area contributed by atoms with Gasteiger partial charge in [-0.3, -0.25) is 0 Å². The Morgan fingerprint density at radius 2 is 2.15 bits per heavy atom. The van der Waals surface area contributed by atoms with Crippen LogP contribution in [0.3, 0.4) is 0 Å². The molecule has 0 heterocycles. The van der Waals surface area contributed by atoms with Gasteiger partial charge in [0.15, 0.2) is 11.5 Å². The number of aliphatic hydroxyl groups is 2. The van der Waals surface area contributed by atoms with Crippen molar-refractivity contribution in [3.63, 3.8) is 0 Å². The molecule has 0 saturated carbocycles. The van der Waals surface area contributed by atoms with Gasteiger partial charge < -0.3 is 29.6 Å². The topological polar surface area (TPSA) is 99.1 Å². The molecule has 1 atom stereocenters. The molecule has 1 unspecified atom stereocenters. The van der Waals surface area contributed by atoms with Gasteiger partial charge in [0.05, 0.1) is 19.7 Å². The second-order valence-electron chi connectivity index (χ2n) is 3.71. The molecule has 0 fully saturated rings. The van der Waals surface area contributed by atoms with Crippen LogP contribution in [0, 0.1) is 0 Å². The van der Waals surface area contributed by atoms with Gasteiger partial charge in [-0.05, 0) is 23.8 Å². The summed E-state index contributed by atoms with van der Waals surface area (Å²) < 4.78 is 10.4. The largest absolute Gasteiger partial charge is 1.00 e. The van der Waals surface area contributed by atoms with Crippen LogP contribution in [0.4, 0.5) is 0 Å². The summed E-state index contributed by atoms with van der Waals surface area (Å²) >= 11 is 0. The number of hydrogen-bond donors (Lipinski definition) is 2. The Bertz CT molecular complexity index is 460. The number of carbonyl (C=O) groups excluding carboxylic acids is 1. The molecule has 0 radical (unpaired) electrons. The van der Waals surface area contributed by atoms with Crippen LogP contribution in [0.25, 0.3) is 6.08 Å². The standard InChI is InChI=1S/C13H16O6.Na/c1-18-12-6-9(3-5-13(16)17)2-4-11(12)19-8-10(15)7-14;/h2-6,10,14-15H,7-8H2,1H3,(H,16,17);/q;+1/p-1. The number of carboxylic acids is 1. The van der Waals surface area contributed by atoms with Crippen molar-refractivity contribution in [2.24, 2.45) is 0 Å². The average molecular weight is 290 g/mol. The van der Waals surface area contributed by atoms with E-state index in [4.69, 9.17) is 14.6 Å². The maximum Gasteiger partial charge on any atom is 1.00 e. The summed E-state index contributed by atoms with van der Waals surface area (Å²) in [6, 6.07) is 4.79. The summed E-state index contributed by atoms with van der Waals surface area (Å²) in [6.07, 6.45) is 1.30. The summed E-state index contributed by atoms with van der Waals surface area (Å²) in [7, 11) is 1.44. The van der Waals surface area contributed by atoms with Crippen LogP contribution in [0.15, 0.2) is 24.3 Å². The van der Waals surface area contributed by atoms with Gasteiger partial charge in [-0.1, -0.05) is 12.1 Å². The third-order valence-corrected chi connectivity index (χ3v) is 2.24. The zero-order valence-electron chi connectivity index (χ0n) is 11.4. The third-order valence-electron chi connectivity index (χ3n) is 2.24. The number of carboxylic acid groups (broad SMARTS) is 1. The fourth-order valence-electron chi connectivity index (χ4n) is 1.31. The Kier molecular flexibility index (Phi) is 9.28. The SMILES string of the molecule is COc1cc(C=CC(=O)[O-])ccc1OCC(O)CO.[Na+]. The van der Waals surface area contributed by atoms with E-state index in [0.717, 1.165) is 6.08 Å². The van der Waals surface area contributed by atoms with E-state index in [1.54, 1.807) is 18.2 Å². The van der Waals surface area contributed by atoms with Gasteiger partial charge in [-0.15, -0.1) is 0 Å². The molecule has 1 rings (SSSR count). The van der Waals surface area contributed by atoms with Crippen LogP contribution in [-0.4, -0.2) is 42.6 Å². The zero-order valence-corrected chi connectivity index (χ0v) is 13.4. The average Bonchev–Trinajstić information content (AvgIpc) is 2.42. The van der Waals surface area contributed by atoms with Crippen molar-refractivity contribution in [1.82, 2.24) is 0 Å². The Morgan fingerprint density at radius 3 is 2.70 bits per heavy atom. The van der Waals surface area contributed by atoms with Gasteiger partial charge in [0, 0.05) is 0 Å². The van der Waals surface area contributed by atoms with Crippen LogP contribution in [-0.2, 0) is 4.79 Å². The minimum Gasteiger partial charge on any atom is -0.545 e. The summed E-state index contributed by atoms with van der Waals surface area (Å²) in [5.74, 6) is -0.503. The molecule has 20 heavy (non-hydrogen) atoms. The normalized spacial score (nSPS) is 11.8. The Morgan fingerprint density at radius 1 is 1.45 bits per heavy atom. The van der Waals surface area contributed by atoms with E-state index in [0.29, 0.717) is 17.1 Å². The Labute approximate surface area is 138 Å². The molecule has 0 spiro atoms. The first-order valence-electron chi connectivity index (χ1n) is 5.55. The molecule has 104 valence electrons. The van der Waals surface area contributed by atoms with Gasteiger partial charge in [0.1, 0.15) is 12.7 Å². The maximum atomic E-state index is 10.3. The van der Waals surface area contributed by atoms with Gasteiger partial charge in [-0.25, -0.2) is 0 Å². The quantitative estimate of drug-likeness (QED) is 0.395. The van der Waals surface area contributed by atoms with Crippen LogP contribution in [0.2, 0.25) is 0 Å². The number of benzene rings is 1. The van der Waals surface area contributed by atoms with Crippen LogP contribution >= 0.6 is 0 Å². The second kappa shape index (κ2) is 9.79. The molecule has 0 aliphatic heterocycles. The van der Waals surface area contributed by atoms with E-state index in [1.165, 1.54) is 13.2 Å². The molecule has 0 aromatic heterocycles. The number of hydrogen-bond acceptors (Lipinski definition) is 6. The number of carbonyl (C=O) groups is 1. The molecule has 0 amide bonds.